The van der Waals surface area contributed by atoms with Gasteiger partial charge in [0.15, 0.2) is 0 Å². The maximum Gasteiger partial charge on any atom is 1.00 e. The number of para-hydroxylation sites is 1. The normalized spacial score (nSPS) is 14.4. The van der Waals surface area contributed by atoms with Gasteiger partial charge in [-0.1, -0.05) is 30.0 Å². The number of anilines is 1. The molecule has 0 aliphatic heterocycles. The van der Waals surface area contributed by atoms with E-state index in [-0.39, 0.29) is 63.7 Å². The molecule has 0 heterocycles. The Morgan fingerprint density at radius 1 is 1.39 bits per heavy atom. The second-order valence-corrected chi connectivity index (χ2v) is 8.31. The predicted molar refractivity (Wildman–Crippen MR) is 69.7 cm³/mol. The van der Waals surface area contributed by atoms with Crippen LogP contribution in [0.25, 0.3) is 0 Å². The monoisotopic (exact) mass is 333 g/mol. The van der Waals surface area contributed by atoms with Crippen molar-refractivity contribution in [2.45, 2.75) is 6.92 Å². The van der Waals surface area contributed by atoms with Crippen molar-refractivity contribution in [1.82, 2.24) is 0 Å². The first-order chi connectivity index (χ1) is 7.79. The van der Waals surface area contributed by atoms with E-state index in [0.717, 1.165) is 6.26 Å². The molecule has 1 rings (SSSR count). The van der Waals surface area contributed by atoms with E-state index < -0.39 is 16.7 Å². The van der Waals surface area contributed by atoms with Crippen LogP contribution in [-0.2, 0) is 26.4 Å². The van der Waals surface area contributed by atoms with Gasteiger partial charge in [0.05, 0.1) is 18.6 Å². The van der Waals surface area contributed by atoms with E-state index >= 15 is 0 Å². The zero-order valence-electron chi connectivity index (χ0n) is 10.4. The van der Waals surface area contributed by atoms with Crippen LogP contribution in [0.5, 0.6) is 0 Å². The van der Waals surface area contributed by atoms with Gasteiger partial charge in [-0.05, 0) is 19.1 Å². The molecule has 18 heavy (non-hydrogen) atoms. The summed E-state index contributed by atoms with van der Waals surface area (Å²) in [5, 5.41) is 0. The first-order valence-electron chi connectivity index (χ1n) is 4.80. The third-order valence-corrected chi connectivity index (χ3v) is 6.56. The van der Waals surface area contributed by atoms with Crippen molar-refractivity contribution in [1.29, 1.82) is 0 Å². The van der Waals surface area contributed by atoms with Gasteiger partial charge in [-0.25, -0.2) is 12.5 Å². The first-order valence-corrected chi connectivity index (χ1v) is 9.24. The van der Waals surface area contributed by atoms with E-state index in [1.807, 2.05) is 0 Å². The second kappa shape index (κ2) is 7.83. The van der Waals surface area contributed by atoms with Crippen molar-refractivity contribution in [3.05, 3.63) is 30.3 Å². The molecule has 1 aromatic carbocycles. The minimum absolute atomic E-state index is 0. The standard InChI is InChI=1S/C9H14NO4PS2.K/c1-3-14-15(11,16)10(17(2,12)13)9-7-5-4-6-8-9;/h4-8H,3H2,1-2H3,(H,11,16);/q;+1/p-1. The molecule has 0 bridgehead atoms. The zero-order chi connectivity index (χ0) is 13.1. The molecule has 0 saturated carbocycles. The van der Waals surface area contributed by atoms with E-state index in [2.05, 4.69) is 0 Å². The first kappa shape index (κ1) is 19.2. The fourth-order valence-corrected chi connectivity index (χ4v) is 5.92. The second-order valence-electron chi connectivity index (χ2n) is 3.23. The zero-order valence-corrected chi connectivity index (χ0v) is 16.1. The SMILES string of the molecule is CCOP([O-])(=S)N(c1ccccc1)S(C)(=O)=O.[K+]. The molecular formula is C9H13KNO4PS2. The average Bonchev–Trinajstić information content (AvgIpc) is 2.16. The maximum atomic E-state index is 12.1. The van der Waals surface area contributed by atoms with Crippen LogP contribution in [-0.4, -0.2) is 21.3 Å². The van der Waals surface area contributed by atoms with Gasteiger partial charge in [-0.2, -0.15) is 0 Å². The van der Waals surface area contributed by atoms with Crippen LogP contribution in [0.1, 0.15) is 6.92 Å². The van der Waals surface area contributed by atoms with Gasteiger partial charge in [0, 0.05) is 6.61 Å². The molecule has 0 aromatic heterocycles. The molecule has 1 unspecified atom stereocenters. The van der Waals surface area contributed by atoms with Crippen LogP contribution in [0, 0.1) is 0 Å². The molecular weight excluding hydrogens is 320 g/mol. The number of hydrogen-bond donors (Lipinski definition) is 0. The van der Waals surface area contributed by atoms with E-state index in [1.54, 1.807) is 25.1 Å². The Labute approximate surface area is 155 Å². The van der Waals surface area contributed by atoms with Gasteiger partial charge in [-0.3, -0.25) is 0 Å². The van der Waals surface area contributed by atoms with Crippen LogP contribution < -0.4 is 60.4 Å². The van der Waals surface area contributed by atoms with Crippen LogP contribution in [0.15, 0.2) is 30.3 Å². The summed E-state index contributed by atoms with van der Waals surface area (Å²) >= 11 is 4.77. The van der Waals surface area contributed by atoms with E-state index in [9.17, 15) is 13.3 Å². The Balaban J connectivity index is 0.00000289. The predicted octanol–water partition coefficient (Wildman–Crippen LogP) is -1.92. The average molecular weight is 333 g/mol. The van der Waals surface area contributed by atoms with Crippen molar-refractivity contribution in [3.63, 3.8) is 0 Å². The summed E-state index contributed by atoms with van der Waals surface area (Å²) in [5.41, 5.74) is 0.238. The Morgan fingerprint density at radius 2 is 1.89 bits per heavy atom. The van der Waals surface area contributed by atoms with Crippen LogP contribution >= 0.6 is 6.64 Å². The molecule has 9 heteroatoms. The van der Waals surface area contributed by atoms with Crippen molar-refractivity contribution in [2.24, 2.45) is 0 Å². The largest absolute Gasteiger partial charge is 1.00 e. The van der Waals surface area contributed by atoms with E-state index in [1.165, 1.54) is 12.1 Å². The third-order valence-electron chi connectivity index (χ3n) is 1.81. The Morgan fingerprint density at radius 3 is 2.28 bits per heavy atom. The Kier molecular flexibility index (Phi) is 8.34. The van der Waals surface area contributed by atoms with Gasteiger partial charge in [0.2, 0.25) is 10.0 Å². The summed E-state index contributed by atoms with van der Waals surface area (Å²) in [7, 11) is -3.76. The van der Waals surface area contributed by atoms with Crippen molar-refractivity contribution >= 4 is 34.2 Å². The molecule has 1 aromatic rings. The topological polar surface area (TPSA) is 69.7 Å². The fraction of sp³-hybridized carbons (Fsp3) is 0.333. The molecule has 96 valence electrons. The molecule has 0 spiro atoms. The Bertz CT molecular complexity index is 523. The van der Waals surface area contributed by atoms with Crippen molar-refractivity contribution < 1.29 is 69.2 Å². The Hall–Kier alpha value is 1.18. The molecule has 0 aliphatic carbocycles. The summed E-state index contributed by atoms with van der Waals surface area (Å²) in [6.45, 7) is -2.13. The van der Waals surface area contributed by atoms with Crippen LogP contribution in [0.3, 0.4) is 0 Å². The molecule has 0 N–H and O–H groups in total. The number of sulfonamides is 1. The number of rotatable bonds is 5. The smallest absolute Gasteiger partial charge is 0.784 e. The van der Waals surface area contributed by atoms with E-state index in [0.29, 0.717) is 4.08 Å². The molecule has 0 saturated heterocycles. The van der Waals surface area contributed by atoms with Gasteiger partial charge >= 0.3 is 51.4 Å². The van der Waals surface area contributed by atoms with Gasteiger partial charge < -0.3 is 9.42 Å². The molecule has 0 amide bonds. The third kappa shape index (κ3) is 5.28. The molecule has 5 nitrogen and oxygen atoms in total. The summed E-state index contributed by atoms with van der Waals surface area (Å²) < 4.78 is 28.9. The number of hydrogen-bond acceptors (Lipinski definition) is 5. The minimum atomic E-state index is -3.82. The number of benzene rings is 1. The minimum Gasteiger partial charge on any atom is -0.784 e. The van der Waals surface area contributed by atoms with Crippen LogP contribution in [0.4, 0.5) is 5.69 Å². The van der Waals surface area contributed by atoms with Crippen molar-refractivity contribution in [2.75, 3.05) is 16.9 Å². The summed E-state index contributed by atoms with van der Waals surface area (Å²) in [5.74, 6) is 0. The van der Waals surface area contributed by atoms with Gasteiger partial charge in [0.25, 0.3) is 0 Å². The van der Waals surface area contributed by atoms with Crippen molar-refractivity contribution in [3.8, 4) is 0 Å². The van der Waals surface area contributed by atoms with Gasteiger partial charge in [0.1, 0.15) is 0 Å². The maximum absolute atomic E-state index is 12.1. The summed E-state index contributed by atoms with van der Waals surface area (Å²) in [6, 6.07) is 8.01. The molecule has 0 radical (unpaired) electrons. The van der Waals surface area contributed by atoms with Crippen LogP contribution in [0.2, 0.25) is 0 Å². The molecule has 1 atom stereocenters. The quantitative estimate of drug-likeness (QED) is 0.464. The summed E-state index contributed by atoms with van der Waals surface area (Å²) in [4.78, 5) is 12.1. The molecule has 0 fully saturated rings. The molecule has 0 aliphatic rings. The summed E-state index contributed by atoms with van der Waals surface area (Å²) in [6.07, 6.45) is 0.942. The van der Waals surface area contributed by atoms with E-state index in [4.69, 9.17) is 16.3 Å². The fourth-order valence-electron chi connectivity index (χ4n) is 1.29. The van der Waals surface area contributed by atoms with Gasteiger partial charge in [-0.15, -0.1) is 0 Å². The number of nitrogens with zero attached hydrogens (tertiary/aromatic N) is 1.